The lowest BCUT2D eigenvalue weighted by molar-refractivity contribution is -0.163. The van der Waals surface area contributed by atoms with Crippen LogP contribution in [0.4, 0.5) is 0 Å². The van der Waals surface area contributed by atoms with Crippen molar-refractivity contribution in [2.45, 2.75) is 129 Å². The van der Waals surface area contributed by atoms with Crippen molar-refractivity contribution in [1.29, 1.82) is 0 Å². The van der Waals surface area contributed by atoms with Gasteiger partial charge in [-0.3, -0.25) is 58.8 Å². The molecule has 0 unspecified atom stereocenters. The van der Waals surface area contributed by atoms with Crippen LogP contribution >= 0.6 is 0 Å². The molecule has 362 valence electrons. The van der Waals surface area contributed by atoms with E-state index >= 15 is 0 Å². The highest BCUT2D eigenvalue weighted by atomic mass is 16.5. The van der Waals surface area contributed by atoms with E-state index in [1.807, 2.05) is 13.8 Å². The van der Waals surface area contributed by atoms with E-state index in [0.29, 0.717) is 26.3 Å². The monoisotopic (exact) mass is 923 g/mol. The molecular formula is C45H65N9O12. The van der Waals surface area contributed by atoms with Crippen molar-refractivity contribution in [2.75, 3.05) is 19.6 Å². The van der Waals surface area contributed by atoms with Crippen molar-refractivity contribution in [1.82, 2.24) is 47.1 Å². The van der Waals surface area contributed by atoms with E-state index in [2.05, 4.69) is 31.9 Å². The van der Waals surface area contributed by atoms with Gasteiger partial charge < -0.3 is 31.9 Å². The lowest BCUT2D eigenvalue weighted by Gasteiger charge is -2.30. The maximum atomic E-state index is 14.4. The van der Waals surface area contributed by atoms with Crippen molar-refractivity contribution in [3.8, 4) is 0 Å². The van der Waals surface area contributed by atoms with Crippen LogP contribution < -0.4 is 31.9 Å². The molecule has 6 atom stereocenters. The van der Waals surface area contributed by atoms with Gasteiger partial charge in [-0.2, -0.15) is 0 Å². The summed E-state index contributed by atoms with van der Waals surface area (Å²) in [5, 5.41) is 47.6. The number of benzene rings is 2. The minimum atomic E-state index is -1.48. The van der Waals surface area contributed by atoms with Gasteiger partial charge in [-0.1, -0.05) is 74.5 Å². The molecule has 0 saturated carbocycles. The van der Waals surface area contributed by atoms with Gasteiger partial charge in [0, 0.05) is 53.2 Å². The molecule has 3 rings (SSSR count). The van der Waals surface area contributed by atoms with E-state index in [0.717, 1.165) is 20.8 Å². The summed E-state index contributed by atoms with van der Waals surface area (Å²) < 4.78 is 0. The number of hydrogen-bond acceptors (Lipinski definition) is 12. The zero-order valence-electron chi connectivity index (χ0n) is 38.2. The van der Waals surface area contributed by atoms with Gasteiger partial charge in [0.1, 0.15) is 36.3 Å². The molecule has 0 radical (unpaired) electrons. The van der Waals surface area contributed by atoms with Gasteiger partial charge in [-0.25, -0.2) is 15.2 Å². The topological polar surface area (TPSA) is 296 Å². The Kier molecular flexibility index (Phi) is 22.1. The Hall–Kier alpha value is -6.45. The molecular weight excluding hydrogens is 859 g/mol. The maximum Gasteiger partial charge on any atom is 0.243 e. The summed E-state index contributed by atoms with van der Waals surface area (Å²) in [6, 6.07) is 9.15. The number of carbonyl (C=O) groups excluding carboxylic acids is 9. The number of nitrogens with one attached hydrogen (secondary N) is 6. The van der Waals surface area contributed by atoms with Gasteiger partial charge in [0.25, 0.3) is 0 Å². The van der Waals surface area contributed by atoms with Crippen LogP contribution in [0.5, 0.6) is 0 Å². The molecule has 9 amide bonds. The Bertz CT molecular complexity index is 1910. The van der Waals surface area contributed by atoms with Gasteiger partial charge in [-0.05, 0) is 62.0 Å². The average molecular weight is 924 g/mol. The normalized spacial score (nSPS) is 21.2. The first-order valence-corrected chi connectivity index (χ1v) is 22.1. The third-order valence-electron chi connectivity index (χ3n) is 10.7. The van der Waals surface area contributed by atoms with Crippen molar-refractivity contribution >= 4 is 53.2 Å². The second-order valence-electron chi connectivity index (χ2n) is 16.7. The van der Waals surface area contributed by atoms with E-state index in [1.54, 1.807) is 60.7 Å². The van der Waals surface area contributed by atoms with Crippen LogP contribution in [0.15, 0.2) is 60.7 Å². The maximum absolute atomic E-state index is 14.4. The Labute approximate surface area is 384 Å². The fraction of sp³-hybridized carbons (Fsp3) is 0.533. The zero-order chi connectivity index (χ0) is 48.9. The summed E-state index contributed by atoms with van der Waals surface area (Å²) in [6.07, 6.45) is -0.726. The molecule has 0 spiro atoms. The van der Waals surface area contributed by atoms with Crippen LogP contribution in [0.1, 0.15) is 90.7 Å². The molecule has 0 aliphatic carbocycles. The van der Waals surface area contributed by atoms with Crippen molar-refractivity contribution < 1.29 is 58.8 Å². The van der Waals surface area contributed by atoms with Crippen LogP contribution in [0.25, 0.3) is 0 Å². The Balaban J connectivity index is 2.19. The first-order valence-electron chi connectivity index (χ1n) is 22.1. The van der Waals surface area contributed by atoms with E-state index in [1.165, 1.54) is 0 Å². The second-order valence-corrected chi connectivity index (χ2v) is 16.7. The largest absolute Gasteiger partial charge is 0.343 e. The first-order chi connectivity index (χ1) is 31.2. The Morgan fingerprint density at radius 3 is 1.00 bits per heavy atom. The van der Waals surface area contributed by atoms with E-state index < -0.39 is 89.4 Å². The molecule has 21 heteroatoms. The minimum absolute atomic E-state index is 0.0316. The lowest BCUT2D eigenvalue weighted by Crippen LogP contribution is -2.62. The molecule has 2 aromatic carbocycles. The van der Waals surface area contributed by atoms with Gasteiger partial charge in [0.05, 0.1) is 0 Å². The smallest absolute Gasteiger partial charge is 0.243 e. The molecule has 1 fully saturated rings. The molecule has 2 aromatic rings. The minimum Gasteiger partial charge on any atom is -0.343 e. The van der Waals surface area contributed by atoms with E-state index in [4.69, 9.17) is 0 Å². The average Bonchev–Trinajstić information content (AvgIpc) is 3.26. The fourth-order valence-corrected chi connectivity index (χ4v) is 7.07. The van der Waals surface area contributed by atoms with Gasteiger partial charge >= 0.3 is 0 Å². The summed E-state index contributed by atoms with van der Waals surface area (Å²) >= 11 is 0. The zero-order valence-corrected chi connectivity index (χ0v) is 38.2. The highest BCUT2D eigenvalue weighted by Gasteiger charge is 2.35. The van der Waals surface area contributed by atoms with Crippen molar-refractivity contribution in [3.63, 3.8) is 0 Å². The molecule has 66 heavy (non-hydrogen) atoms. The quantitative estimate of drug-likeness (QED) is 0.0730. The second kappa shape index (κ2) is 27.1. The lowest BCUT2D eigenvalue weighted by atomic mass is 9.99. The predicted octanol–water partition coefficient (Wildman–Crippen LogP) is 0.494. The highest BCUT2D eigenvalue weighted by Crippen LogP contribution is 2.13. The summed E-state index contributed by atoms with van der Waals surface area (Å²) in [4.78, 5) is 121. The first kappa shape index (κ1) is 53.9. The number of nitrogens with zero attached hydrogens (tertiary/aromatic N) is 3. The van der Waals surface area contributed by atoms with Crippen LogP contribution in [0.3, 0.4) is 0 Å². The molecule has 1 aliphatic rings. The van der Waals surface area contributed by atoms with Gasteiger partial charge in [0.2, 0.25) is 53.2 Å². The predicted molar refractivity (Wildman–Crippen MR) is 237 cm³/mol. The Morgan fingerprint density at radius 1 is 0.455 bits per heavy atom. The SMILES string of the molecule is CC(=O)N(O)CCC[C@@H]1NC(=O)[C@H](CCCN(O)C(C)=O)NC(=O)[C@H](Cc2ccccc2)NC(=O)[C@H](CC(C)C)NC(=O)[C@H](Cc2ccccc2)NC(=O)[C@H](CCCN(O)C(C)=O)NC1=O. The molecule has 21 nitrogen and oxygen atoms in total. The molecule has 1 aliphatic heterocycles. The number of carbonyl (C=O) groups is 9. The standard InChI is InChI=1S/C45H65N9O12/c1-28(2)25-37-43(61)51-38(26-32-15-8-6-9-16-32)44(62)48-35(20-13-23-53(65)30(4)56)41(59)46-34(19-12-22-52(64)29(3)55)40(58)47-36(21-14-24-54(66)31(5)57)42(60)50-39(45(63)49-37)27-33-17-10-7-11-18-33/h6-11,15-18,28,34-39,64-66H,12-14,19-27H2,1-5H3,(H,46,59)(H,47,58)(H,48,62)(H,49,63)(H,50,60)(H,51,61)/t34-,35-,36-,37-,38-,39-/m0/s1. The van der Waals surface area contributed by atoms with Crippen LogP contribution in [0.2, 0.25) is 0 Å². The summed E-state index contributed by atoms with van der Waals surface area (Å²) in [7, 11) is 0. The van der Waals surface area contributed by atoms with Gasteiger partial charge in [0.15, 0.2) is 0 Å². The molecule has 1 saturated heterocycles. The van der Waals surface area contributed by atoms with E-state index in [-0.39, 0.29) is 83.3 Å². The van der Waals surface area contributed by atoms with Crippen molar-refractivity contribution in [3.05, 3.63) is 71.8 Å². The number of amides is 9. The molecule has 9 N–H and O–H groups in total. The highest BCUT2D eigenvalue weighted by molar-refractivity contribution is 5.98. The number of hydroxylamine groups is 6. The summed E-state index contributed by atoms with van der Waals surface area (Å²) in [5.41, 5.74) is 1.27. The van der Waals surface area contributed by atoms with Crippen LogP contribution in [-0.2, 0) is 56.0 Å². The molecule has 0 bridgehead atoms. The van der Waals surface area contributed by atoms with E-state index in [9.17, 15) is 58.8 Å². The number of hydrogen-bond donors (Lipinski definition) is 9. The number of rotatable bonds is 18. The Morgan fingerprint density at radius 2 is 0.712 bits per heavy atom. The fourth-order valence-electron chi connectivity index (χ4n) is 7.07. The third-order valence-corrected chi connectivity index (χ3v) is 10.7. The summed E-state index contributed by atoms with van der Waals surface area (Å²) in [6.45, 7) is 6.27. The third kappa shape index (κ3) is 18.6. The molecule has 1 heterocycles. The van der Waals surface area contributed by atoms with Crippen LogP contribution in [0, 0.1) is 5.92 Å². The molecule has 0 aromatic heterocycles. The van der Waals surface area contributed by atoms with Crippen LogP contribution in [-0.4, -0.2) is 140 Å². The van der Waals surface area contributed by atoms with Crippen molar-refractivity contribution in [2.24, 2.45) is 5.92 Å². The van der Waals surface area contributed by atoms with Gasteiger partial charge in [-0.15, -0.1) is 0 Å². The summed E-state index contributed by atoms with van der Waals surface area (Å²) in [5.74, 6) is -7.18.